The van der Waals surface area contributed by atoms with Gasteiger partial charge in [0.2, 0.25) is 11.7 Å². The lowest BCUT2D eigenvalue weighted by atomic mass is 10.1. The maximum absolute atomic E-state index is 12.9. The summed E-state index contributed by atoms with van der Waals surface area (Å²) in [6, 6.07) is 10.3. The summed E-state index contributed by atoms with van der Waals surface area (Å²) < 4.78 is 49.4. The maximum Gasteiger partial charge on any atom is 0.416 e. The highest BCUT2D eigenvalue weighted by molar-refractivity contribution is 6.34. The van der Waals surface area contributed by atoms with E-state index in [1.54, 1.807) is 0 Å². The minimum absolute atomic E-state index is 0.0948. The fourth-order valence-corrected chi connectivity index (χ4v) is 3.51. The van der Waals surface area contributed by atoms with E-state index in [9.17, 15) is 13.2 Å². The quantitative estimate of drug-likeness (QED) is 0.614. The summed E-state index contributed by atoms with van der Waals surface area (Å²) in [6.07, 6.45) is -4.44. The highest BCUT2D eigenvalue weighted by atomic mass is 35.5. The number of nitrogens with zero attached hydrogens (tertiary/aromatic N) is 3. The Morgan fingerprint density at radius 1 is 1.10 bits per heavy atom. The maximum atomic E-state index is 12.9. The molecule has 158 valence electrons. The van der Waals surface area contributed by atoms with E-state index in [-0.39, 0.29) is 23.8 Å². The first kappa shape index (κ1) is 20.5. The molecule has 0 amide bonds. The molecule has 10 heteroatoms. The van der Waals surface area contributed by atoms with Gasteiger partial charge in [-0.2, -0.15) is 18.2 Å². The average molecular weight is 439 g/mol. The molecule has 0 unspecified atom stereocenters. The topological polar surface area (TPSA) is 63.4 Å². The van der Waals surface area contributed by atoms with Crippen LogP contribution in [0.5, 0.6) is 0 Å². The SMILES string of the molecule is FC(F)(F)c1cccc(-c2noc(CNc3cccc(Cl)c3N3CCOCC3)n2)c1. The van der Waals surface area contributed by atoms with Crippen LogP contribution in [0, 0.1) is 0 Å². The Kier molecular flexibility index (Phi) is 5.83. The third-order valence-corrected chi connectivity index (χ3v) is 4.97. The van der Waals surface area contributed by atoms with Crippen molar-refractivity contribution in [1.82, 2.24) is 10.1 Å². The van der Waals surface area contributed by atoms with Crippen molar-refractivity contribution < 1.29 is 22.4 Å². The van der Waals surface area contributed by atoms with Crippen LogP contribution < -0.4 is 10.2 Å². The molecule has 3 aromatic rings. The largest absolute Gasteiger partial charge is 0.416 e. The molecule has 1 aliphatic rings. The van der Waals surface area contributed by atoms with Gasteiger partial charge in [-0.1, -0.05) is 35.0 Å². The van der Waals surface area contributed by atoms with Gasteiger partial charge in [0.25, 0.3) is 0 Å². The van der Waals surface area contributed by atoms with Crippen LogP contribution in [0.1, 0.15) is 11.5 Å². The van der Waals surface area contributed by atoms with Crippen LogP contribution in [-0.4, -0.2) is 36.4 Å². The molecule has 1 aliphatic heterocycles. The van der Waals surface area contributed by atoms with Gasteiger partial charge in [-0.05, 0) is 24.3 Å². The van der Waals surface area contributed by atoms with Crippen molar-refractivity contribution in [2.24, 2.45) is 0 Å². The molecule has 0 aliphatic carbocycles. The molecule has 0 spiro atoms. The zero-order valence-corrected chi connectivity index (χ0v) is 16.5. The second kappa shape index (κ2) is 8.53. The Balaban J connectivity index is 1.50. The molecule has 0 bridgehead atoms. The number of ether oxygens (including phenoxy) is 1. The highest BCUT2D eigenvalue weighted by Crippen LogP contribution is 2.35. The lowest BCUT2D eigenvalue weighted by Gasteiger charge is -2.31. The Bertz CT molecular complexity index is 1020. The van der Waals surface area contributed by atoms with Crippen molar-refractivity contribution in [1.29, 1.82) is 0 Å². The number of benzene rings is 2. The first-order valence-corrected chi connectivity index (χ1v) is 9.65. The predicted molar refractivity (Wildman–Crippen MR) is 107 cm³/mol. The molecule has 0 saturated carbocycles. The second-order valence-electron chi connectivity index (χ2n) is 6.68. The number of para-hydroxylation sites is 1. The van der Waals surface area contributed by atoms with Crippen LogP contribution in [0.4, 0.5) is 24.5 Å². The predicted octanol–water partition coefficient (Wildman–Crippen LogP) is 4.86. The normalized spacial score (nSPS) is 14.7. The summed E-state index contributed by atoms with van der Waals surface area (Å²) in [6.45, 7) is 2.88. The van der Waals surface area contributed by atoms with Gasteiger partial charge in [-0.3, -0.25) is 0 Å². The molecule has 2 aromatic carbocycles. The van der Waals surface area contributed by atoms with E-state index in [0.29, 0.717) is 18.2 Å². The average Bonchev–Trinajstić information content (AvgIpc) is 3.21. The van der Waals surface area contributed by atoms with Crippen molar-refractivity contribution in [3.8, 4) is 11.4 Å². The fraction of sp³-hybridized carbons (Fsp3) is 0.300. The van der Waals surface area contributed by atoms with Crippen LogP contribution in [-0.2, 0) is 17.5 Å². The molecule has 2 heterocycles. The van der Waals surface area contributed by atoms with Gasteiger partial charge in [-0.25, -0.2) is 0 Å². The van der Waals surface area contributed by atoms with Crippen molar-refractivity contribution >= 4 is 23.0 Å². The van der Waals surface area contributed by atoms with Gasteiger partial charge in [0.1, 0.15) is 0 Å². The standard InChI is InChI=1S/C20H18ClF3N4O2/c21-15-5-2-6-16(18(15)28-7-9-29-10-8-28)25-12-17-26-19(27-30-17)13-3-1-4-14(11-13)20(22,23)24/h1-6,11,25H,7-10,12H2. The van der Waals surface area contributed by atoms with E-state index in [4.69, 9.17) is 20.9 Å². The van der Waals surface area contributed by atoms with E-state index in [0.717, 1.165) is 36.6 Å². The minimum Gasteiger partial charge on any atom is -0.378 e. The van der Waals surface area contributed by atoms with Crippen LogP contribution in [0.25, 0.3) is 11.4 Å². The molecular formula is C20H18ClF3N4O2. The zero-order chi connectivity index (χ0) is 21.1. The van der Waals surface area contributed by atoms with Gasteiger partial charge >= 0.3 is 6.18 Å². The first-order valence-electron chi connectivity index (χ1n) is 9.27. The molecule has 1 fully saturated rings. The fourth-order valence-electron chi connectivity index (χ4n) is 3.22. The number of alkyl halides is 3. The first-order chi connectivity index (χ1) is 14.4. The van der Waals surface area contributed by atoms with Crippen LogP contribution in [0.3, 0.4) is 0 Å². The molecule has 0 radical (unpaired) electrons. The number of nitrogens with one attached hydrogen (secondary N) is 1. The molecule has 6 nitrogen and oxygen atoms in total. The van der Waals surface area contributed by atoms with Crippen molar-refractivity contribution in [3.63, 3.8) is 0 Å². The molecule has 1 aromatic heterocycles. The number of rotatable bonds is 5. The third kappa shape index (κ3) is 4.52. The van der Waals surface area contributed by atoms with E-state index < -0.39 is 11.7 Å². The third-order valence-electron chi connectivity index (χ3n) is 4.66. The van der Waals surface area contributed by atoms with Crippen LogP contribution in [0.2, 0.25) is 5.02 Å². The van der Waals surface area contributed by atoms with Gasteiger partial charge < -0.3 is 19.5 Å². The number of hydrogen-bond acceptors (Lipinski definition) is 6. The van der Waals surface area contributed by atoms with E-state index in [1.807, 2.05) is 18.2 Å². The van der Waals surface area contributed by atoms with Gasteiger partial charge in [0, 0.05) is 18.7 Å². The highest BCUT2D eigenvalue weighted by Gasteiger charge is 2.30. The molecular weight excluding hydrogens is 421 g/mol. The Labute approximate surface area is 175 Å². The lowest BCUT2D eigenvalue weighted by Crippen LogP contribution is -2.36. The van der Waals surface area contributed by atoms with Gasteiger partial charge in [0.05, 0.1) is 41.7 Å². The summed E-state index contributed by atoms with van der Waals surface area (Å²) in [5, 5.41) is 7.64. The second-order valence-corrected chi connectivity index (χ2v) is 7.09. The number of morpholine rings is 1. The van der Waals surface area contributed by atoms with Gasteiger partial charge in [0.15, 0.2) is 0 Å². The van der Waals surface area contributed by atoms with E-state index in [2.05, 4.69) is 20.4 Å². The van der Waals surface area contributed by atoms with Crippen molar-refractivity contribution in [2.75, 3.05) is 36.5 Å². The lowest BCUT2D eigenvalue weighted by molar-refractivity contribution is -0.137. The summed E-state index contributed by atoms with van der Waals surface area (Å²) >= 11 is 6.41. The van der Waals surface area contributed by atoms with Crippen LogP contribution >= 0.6 is 11.6 Å². The Morgan fingerprint density at radius 3 is 2.63 bits per heavy atom. The Morgan fingerprint density at radius 2 is 1.87 bits per heavy atom. The number of hydrogen-bond donors (Lipinski definition) is 1. The summed E-state index contributed by atoms with van der Waals surface area (Å²) in [5.41, 5.74) is 1.12. The molecule has 1 N–H and O–H groups in total. The monoisotopic (exact) mass is 438 g/mol. The Hall–Kier alpha value is -2.78. The molecule has 1 saturated heterocycles. The molecule has 0 atom stereocenters. The summed E-state index contributed by atoms with van der Waals surface area (Å²) in [5.74, 6) is 0.340. The minimum atomic E-state index is -4.44. The molecule has 4 rings (SSSR count). The smallest absolute Gasteiger partial charge is 0.378 e. The summed E-state index contributed by atoms with van der Waals surface area (Å²) in [7, 11) is 0. The van der Waals surface area contributed by atoms with Crippen molar-refractivity contribution in [3.05, 3.63) is 58.9 Å². The number of anilines is 2. The zero-order valence-electron chi connectivity index (χ0n) is 15.7. The van der Waals surface area contributed by atoms with E-state index >= 15 is 0 Å². The number of halogens is 4. The number of aromatic nitrogens is 2. The molecule has 30 heavy (non-hydrogen) atoms. The van der Waals surface area contributed by atoms with Crippen molar-refractivity contribution in [2.45, 2.75) is 12.7 Å². The van der Waals surface area contributed by atoms with Crippen LogP contribution in [0.15, 0.2) is 47.0 Å². The van der Waals surface area contributed by atoms with E-state index in [1.165, 1.54) is 12.1 Å². The van der Waals surface area contributed by atoms with Gasteiger partial charge in [-0.15, -0.1) is 0 Å². The summed E-state index contributed by atoms with van der Waals surface area (Å²) in [4.78, 5) is 6.34.